The average molecular weight is 335 g/mol. The summed E-state index contributed by atoms with van der Waals surface area (Å²) < 4.78 is 0. The number of pyridine rings is 1. The Morgan fingerprint density at radius 2 is 1.92 bits per heavy atom. The number of carbonyl (C=O) groups is 1. The molecule has 4 heteroatoms. The van der Waals surface area contributed by atoms with Gasteiger partial charge in [0.2, 0.25) is 5.91 Å². The van der Waals surface area contributed by atoms with Crippen molar-refractivity contribution in [3.05, 3.63) is 64.5 Å². The van der Waals surface area contributed by atoms with Gasteiger partial charge in [0.1, 0.15) is 0 Å². The van der Waals surface area contributed by atoms with Crippen molar-refractivity contribution in [1.82, 2.24) is 9.88 Å². The average Bonchev–Trinajstić information content (AvgIpc) is 2.77. The molecule has 0 unspecified atom stereocenters. The van der Waals surface area contributed by atoms with E-state index in [0.717, 1.165) is 31.0 Å². The van der Waals surface area contributed by atoms with E-state index in [4.69, 9.17) is 5.73 Å². The Labute approximate surface area is 149 Å². The minimum Gasteiger partial charge on any atom is -0.366 e. The molecule has 130 valence electrons. The van der Waals surface area contributed by atoms with Gasteiger partial charge < -0.3 is 5.73 Å². The molecule has 2 N–H and O–H groups in total. The lowest BCUT2D eigenvalue weighted by molar-refractivity contribution is 0.1000. The first-order valence-electron chi connectivity index (χ1n) is 9.28. The summed E-state index contributed by atoms with van der Waals surface area (Å²) in [5, 5.41) is 0. The van der Waals surface area contributed by atoms with Gasteiger partial charge in [-0.1, -0.05) is 24.6 Å². The maximum Gasteiger partial charge on any atom is 0.250 e. The zero-order chi connectivity index (χ0) is 17.2. The first kappa shape index (κ1) is 16.3. The summed E-state index contributed by atoms with van der Waals surface area (Å²) in [6.45, 7) is 2.39. The molecular formula is C21H25N3O. The van der Waals surface area contributed by atoms with Crippen LogP contribution in [0.3, 0.4) is 0 Å². The molecule has 0 spiro atoms. The summed E-state index contributed by atoms with van der Waals surface area (Å²) in [4.78, 5) is 18.2. The highest BCUT2D eigenvalue weighted by atomic mass is 16.1. The van der Waals surface area contributed by atoms with E-state index < -0.39 is 5.91 Å². The molecule has 1 saturated carbocycles. The molecule has 1 aliphatic carbocycles. The van der Waals surface area contributed by atoms with E-state index in [1.165, 1.54) is 49.0 Å². The molecule has 4 rings (SSSR count). The van der Waals surface area contributed by atoms with Crippen LogP contribution in [0.1, 0.15) is 52.0 Å². The smallest absolute Gasteiger partial charge is 0.250 e. The van der Waals surface area contributed by atoms with Crippen LogP contribution in [0.4, 0.5) is 0 Å². The van der Waals surface area contributed by atoms with Gasteiger partial charge in [-0.15, -0.1) is 0 Å². The van der Waals surface area contributed by atoms with Crippen molar-refractivity contribution in [3.63, 3.8) is 0 Å². The van der Waals surface area contributed by atoms with Crippen molar-refractivity contribution in [3.8, 4) is 0 Å². The Morgan fingerprint density at radius 1 is 1.12 bits per heavy atom. The number of benzene rings is 1. The second-order valence-electron chi connectivity index (χ2n) is 7.30. The van der Waals surface area contributed by atoms with E-state index in [1.807, 2.05) is 6.07 Å². The fraction of sp³-hybridized carbons (Fsp3) is 0.429. The summed E-state index contributed by atoms with van der Waals surface area (Å²) in [7, 11) is 0. The summed E-state index contributed by atoms with van der Waals surface area (Å²) in [5.41, 5.74) is 11.0. The number of aromatic nitrogens is 1. The van der Waals surface area contributed by atoms with E-state index in [2.05, 4.69) is 28.1 Å². The minimum atomic E-state index is -0.430. The first-order valence-corrected chi connectivity index (χ1v) is 9.28. The number of carbonyl (C=O) groups excluding carboxylic acids is 1. The Bertz CT molecular complexity index is 765. The summed E-state index contributed by atoms with van der Waals surface area (Å²) in [6, 6.07) is 11.4. The standard InChI is InChI=1S/C21H25N3O/c22-21(25)18-6-7-19(23-14-18)13-15-4-5-16-8-10-24(20-2-1-3-20)11-9-17(16)12-15/h4-7,12,14,20H,1-3,8-11,13H2,(H2,22,25). The normalized spacial score (nSPS) is 18.2. The third kappa shape index (κ3) is 3.59. The lowest BCUT2D eigenvalue weighted by Gasteiger charge is -2.36. The topological polar surface area (TPSA) is 59.2 Å². The maximum atomic E-state index is 11.1. The third-order valence-electron chi connectivity index (χ3n) is 5.69. The van der Waals surface area contributed by atoms with Crippen LogP contribution in [0.25, 0.3) is 0 Å². The number of nitrogens with zero attached hydrogens (tertiary/aromatic N) is 2. The highest BCUT2D eigenvalue weighted by Crippen LogP contribution is 2.27. The van der Waals surface area contributed by atoms with Gasteiger partial charge in [-0.25, -0.2) is 0 Å². The second kappa shape index (κ2) is 6.96. The molecule has 0 bridgehead atoms. The zero-order valence-electron chi connectivity index (χ0n) is 14.6. The number of nitrogens with two attached hydrogens (primary N) is 1. The van der Waals surface area contributed by atoms with Crippen molar-refractivity contribution in [1.29, 1.82) is 0 Å². The Balaban J connectivity index is 1.46. The van der Waals surface area contributed by atoms with Crippen LogP contribution in [0.5, 0.6) is 0 Å². The SMILES string of the molecule is NC(=O)c1ccc(Cc2ccc3c(c2)CCN(C2CCC2)CC3)nc1. The summed E-state index contributed by atoms with van der Waals surface area (Å²) in [6.07, 6.45) is 8.84. The molecule has 2 heterocycles. The monoisotopic (exact) mass is 335 g/mol. The summed E-state index contributed by atoms with van der Waals surface area (Å²) in [5.74, 6) is -0.430. The lowest BCUT2D eigenvalue weighted by atomic mass is 9.91. The third-order valence-corrected chi connectivity index (χ3v) is 5.69. The Morgan fingerprint density at radius 3 is 2.56 bits per heavy atom. The van der Waals surface area contributed by atoms with Crippen molar-refractivity contribution in [2.24, 2.45) is 5.73 Å². The number of hydrogen-bond acceptors (Lipinski definition) is 3. The molecule has 25 heavy (non-hydrogen) atoms. The van der Waals surface area contributed by atoms with Crippen molar-refractivity contribution in [2.75, 3.05) is 13.1 Å². The van der Waals surface area contributed by atoms with Crippen LogP contribution in [0.15, 0.2) is 36.5 Å². The number of fused-ring (bicyclic) bond motifs is 1. The molecule has 0 radical (unpaired) electrons. The molecule has 1 amide bonds. The number of hydrogen-bond donors (Lipinski definition) is 1. The van der Waals surface area contributed by atoms with Crippen molar-refractivity contribution >= 4 is 5.91 Å². The number of amides is 1. The van der Waals surface area contributed by atoms with Gasteiger partial charge in [0.15, 0.2) is 0 Å². The second-order valence-corrected chi connectivity index (χ2v) is 7.30. The predicted octanol–water partition coefficient (Wildman–Crippen LogP) is 2.72. The molecule has 1 aromatic heterocycles. The van der Waals surface area contributed by atoms with Gasteiger partial charge in [-0.2, -0.15) is 0 Å². The van der Waals surface area contributed by atoms with Crippen LogP contribution >= 0.6 is 0 Å². The van der Waals surface area contributed by atoms with Gasteiger partial charge >= 0.3 is 0 Å². The molecule has 2 aliphatic rings. The molecule has 0 saturated heterocycles. The van der Waals surface area contributed by atoms with Crippen molar-refractivity contribution in [2.45, 2.75) is 44.6 Å². The summed E-state index contributed by atoms with van der Waals surface area (Å²) >= 11 is 0. The van der Waals surface area contributed by atoms with Gasteiger partial charge in [-0.05, 0) is 54.5 Å². The van der Waals surface area contributed by atoms with Crippen LogP contribution in [-0.2, 0) is 19.3 Å². The predicted molar refractivity (Wildman–Crippen MR) is 98.6 cm³/mol. The maximum absolute atomic E-state index is 11.1. The number of primary amides is 1. The van der Waals surface area contributed by atoms with Crippen molar-refractivity contribution < 1.29 is 4.79 Å². The van der Waals surface area contributed by atoms with E-state index in [1.54, 1.807) is 12.3 Å². The molecule has 0 atom stereocenters. The highest BCUT2D eigenvalue weighted by Gasteiger charge is 2.26. The lowest BCUT2D eigenvalue weighted by Crippen LogP contribution is -2.41. The van der Waals surface area contributed by atoms with Crippen LogP contribution < -0.4 is 5.73 Å². The molecule has 1 aromatic carbocycles. The Hall–Kier alpha value is -2.20. The van der Waals surface area contributed by atoms with Gasteiger partial charge in [0.25, 0.3) is 0 Å². The fourth-order valence-electron chi connectivity index (χ4n) is 3.91. The quantitative estimate of drug-likeness (QED) is 0.934. The van der Waals surface area contributed by atoms with Crippen LogP contribution in [0.2, 0.25) is 0 Å². The molecule has 1 aliphatic heterocycles. The van der Waals surface area contributed by atoms with E-state index in [0.29, 0.717) is 5.56 Å². The Kier molecular flexibility index (Phi) is 4.53. The first-order chi connectivity index (χ1) is 12.2. The minimum absolute atomic E-state index is 0.430. The van der Waals surface area contributed by atoms with E-state index >= 15 is 0 Å². The van der Waals surface area contributed by atoms with Gasteiger partial charge in [0.05, 0.1) is 5.56 Å². The largest absolute Gasteiger partial charge is 0.366 e. The molecule has 4 nitrogen and oxygen atoms in total. The highest BCUT2D eigenvalue weighted by molar-refractivity contribution is 5.92. The van der Waals surface area contributed by atoms with E-state index in [9.17, 15) is 4.79 Å². The zero-order valence-corrected chi connectivity index (χ0v) is 14.6. The van der Waals surface area contributed by atoms with Gasteiger partial charge in [-0.3, -0.25) is 14.7 Å². The molecule has 2 aromatic rings. The van der Waals surface area contributed by atoms with Gasteiger partial charge in [0, 0.05) is 37.4 Å². The fourth-order valence-corrected chi connectivity index (χ4v) is 3.91. The van der Waals surface area contributed by atoms with Crippen LogP contribution in [0, 0.1) is 0 Å². The molecular weight excluding hydrogens is 310 g/mol. The molecule has 1 fully saturated rings. The van der Waals surface area contributed by atoms with E-state index in [-0.39, 0.29) is 0 Å². The number of rotatable bonds is 4. The van der Waals surface area contributed by atoms with Crippen LogP contribution in [-0.4, -0.2) is 34.9 Å².